The van der Waals surface area contributed by atoms with E-state index in [-0.39, 0.29) is 0 Å². The molecule has 0 aliphatic rings. The molecule has 0 amide bonds. The SMILES string of the molecule is COc1c(Br)cc(Br)cc1CNCCc1ccc(Cl)cc1Cl. The van der Waals surface area contributed by atoms with Gasteiger partial charge in [-0.2, -0.15) is 0 Å². The quantitative estimate of drug-likeness (QED) is 0.537. The Morgan fingerprint density at radius 1 is 1.09 bits per heavy atom. The summed E-state index contributed by atoms with van der Waals surface area (Å²) in [5.74, 6) is 0.847. The Hall–Kier alpha value is -0.260. The summed E-state index contributed by atoms with van der Waals surface area (Å²) >= 11 is 19.1. The van der Waals surface area contributed by atoms with E-state index in [4.69, 9.17) is 27.9 Å². The van der Waals surface area contributed by atoms with Gasteiger partial charge in [-0.15, -0.1) is 0 Å². The van der Waals surface area contributed by atoms with Crippen LogP contribution in [-0.4, -0.2) is 13.7 Å². The van der Waals surface area contributed by atoms with Gasteiger partial charge >= 0.3 is 0 Å². The summed E-state index contributed by atoms with van der Waals surface area (Å²) in [7, 11) is 1.67. The standard InChI is InChI=1S/C16H15Br2Cl2NO/c1-22-16-11(6-12(17)7-14(16)18)9-21-5-4-10-2-3-13(19)8-15(10)20/h2-3,6-8,21H,4-5,9H2,1H3. The van der Waals surface area contributed by atoms with Crippen molar-refractivity contribution in [2.75, 3.05) is 13.7 Å². The lowest BCUT2D eigenvalue weighted by Gasteiger charge is -2.12. The molecule has 2 rings (SSSR count). The Morgan fingerprint density at radius 2 is 1.86 bits per heavy atom. The van der Waals surface area contributed by atoms with Crippen molar-refractivity contribution in [1.29, 1.82) is 0 Å². The van der Waals surface area contributed by atoms with Gasteiger partial charge in [0.2, 0.25) is 0 Å². The lowest BCUT2D eigenvalue weighted by Crippen LogP contribution is -2.17. The molecule has 0 saturated carbocycles. The predicted molar refractivity (Wildman–Crippen MR) is 100 cm³/mol. The Kier molecular flexibility index (Phi) is 7.03. The maximum absolute atomic E-state index is 6.17. The zero-order chi connectivity index (χ0) is 16.1. The molecule has 0 aromatic heterocycles. The third-order valence-corrected chi connectivity index (χ3v) is 4.82. The first-order chi connectivity index (χ1) is 10.5. The van der Waals surface area contributed by atoms with Crippen LogP contribution in [0.15, 0.2) is 39.3 Å². The van der Waals surface area contributed by atoms with Crippen LogP contribution in [0.1, 0.15) is 11.1 Å². The van der Waals surface area contributed by atoms with Crippen LogP contribution in [-0.2, 0) is 13.0 Å². The Labute approximate surface area is 157 Å². The average molecular weight is 468 g/mol. The molecule has 0 aliphatic carbocycles. The first kappa shape index (κ1) is 18.1. The van der Waals surface area contributed by atoms with Gasteiger partial charge in [0, 0.05) is 26.6 Å². The molecule has 1 N–H and O–H groups in total. The summed E-state index contributed by atoms with van der Waals surface area (Å²) in [5.41, 5.74) is 2.17. The van der Waals surface area contributed by atoms with Gasteiger partial charge in [0.15, 0.2) is 0 Å². The van der Waals surface area contributed by atoms with Crippen LogP contribution in [0.5, 0.6) is 5.75 Å². The first-order valence-electron chi connectivity index (χ1n) is 6.68. The van der Waals surface area contributed by atoms with Crippen molar-refractivity contribution in [3.63, 3.8) is 0 Å². The Balaban J connectivity index is 1.94. The second-order valence-electron chi connectivity index (χ2n) is 4.74. The number of methoxy groups -OCH3 is 1. The van der Waals surface area contributed by atoms with Gasteiger partial charge in [-0.25, -0.2) is 0 Å². The van der Waals surface area contributed by atoms with Crippen molar-refractivity contribution in [3.8, 4) is 5.75 Å². The van der Waals surface area contributed by atoms with Gasteiger partial charge in [0.1, 0.15) is 5.75 Å². The van der Waals surface area contributed by atoms with Gasteiger partial charge < -0.3 is 10.1 Å². The van der Waals surface area contributed by atoms with Crippen molar-refractivity contribution in [3.05, 3.63) is 60.4 Å². The third-order valence-electron chi connectivity index (χ3n) is 3.19. The predicted octanol–water partition coefficient (Wildman–Crippen LogP) is 5.86. The molecule has 2 aromatic carbocycles. The van der Waals surface area contributed by atoms with E-state index in [2.05, 4.69) is 37.2 Å². The summed E-state index contributed by atoms with van der Waals surface area (Å²) in [6.45, 7) is 1.53. The molecule has 2 aromatic rings. The average Bonchev–Trinajstić information content (AvgIpc) is 2.45. The van der Waals surface area contributed by atoms with Crippen molar-refractivity contribution >= 4 is 55.1 Å². The van der Waals surface area contributed by atoms with Crippen LogP contribution in [0.25, 0.3) is 0 Å². The monoisotopic (exact) mass is 465 g/mol. The molecule has 22 heavy (non-hydrogen) atoms. The van der Waals surface area contributed by atoms with Gasteiger partial charge in [0.05, 0.1) is 11.6 Å². The van der Waals surface area contributed by atoms with E-state index in [0.717, 1.165) is 38.8 Å². The maximum atomic E-state index is 6.17. The molecule has 0 unspecified atom stereocenters. The highest BCUT2D eigenvalue weighted by Crippen LogP contribution is 2.32. The minimum absolute atomic E-state index is 0.658. The van der Waals surface area contributed by atoms with E-state index < -0.39 is 0 Å². The van der Waals surface area contributed by atoms with Crippen LogP contribution in [0.2, 0.25) is 10.0 Å². The molecule has 0 atom stereocenters. The minimum Gasteiger partial charge on any atom is -0.495 e. The fraction of sp³-hybridized carbons (Fsp3) is 0.250. The topological polar surface area (TPSA) is 21.3 Å². The number of halogens is 4. The van der Waals surface area contributed by atoms with Crippen LogP contribution in [0, 0.1) is 0 Å². The van der Waals surface area contributed by atoms with Gasteiger partial charge in [0.25, 0.3) is 0 Å². The molecule has 0 bridgehead atoms. The van der Waals surface area contributed by atoms with Crippen LogP contribution in [0.4, 0.5) is 0 Å². The van der Waals surface area contributed by atoms with Gasteiger partial charge in [-0.3, -0.25) is 0 Å². The lowest BCUT2D eigenvalue weighted by atomic mass is 10.1. The van der Waals surface area contributed by atoms with Crippen LogP contribution >= 0.6 is 55.1 Å². The molecule has 2 nitrogen and oxygen atoms in total. The largest absolute Gasteiger partial charge is 0.495 e. The molecule has 0 aliphatic heterocycles. The third kappa shape index (κ3) is 4.87. The van der Waals surface area contributed by atoms with Gasteiger partial charge in [-0.05, 0) is 58.7 Å². The molecule has 0 saturated heterocycles. The summed E-state index contributed by atoms with van der Waals surface area (Å²) in [4.78, 5) is 0. The fourth-order valence-electron chi connectivity index (χ4n) is 2.14. The minimum atomic E-state index is 0.658. The number of rotatable bonds is 6. The van der Waals surface area contributed by atoms with E-state index in [1.165, 1.54) is 0 Å². The van der Waals surface area contributed by atoms with E-state index in [1.807, 2.05) is 24.3 Å². The molecule has 0 spiro atoms. The van der Waals surface area contributed by atoms with E-state index in [9.17, 15) is 0 Å². The Bertz CT molecular complexity index is 665. The van der Waals surface area contributed by atoms with E-state index in [0.29, 0.717) is 16.6 Å². The van der Waals surface area contributed by atoms with Crippen LogP contribution < -0.4 is 10.1 Å². The second kappa shape index (κ2) is 8.55. The molecule has 6 heteroatoms. The fourth-order valence-corrected chi connectivity index (χ4v) is 4.12. The number of benzene rings is 2. The summed E-state index contributed by atoms with van der Waals surface area (Å²) in [5, 5.41) is 4.77. The molecule has 118 valence electrons. The summed E-state index contributed by atoms with van der Waals surface area (Å²) in [6.07, 6.45) is 0.841. The molecule has 0 heterocycles. The van der Waals surface area contributed by atoms with Crippen molar-refractivity contribution < 1.29 is 4.74 Å². The zero-order valence-electron chi connectivity index (χ0n) is 11.9. The van der Waals surface area contributed by atoms with E-state index in [1.54, 1.807) is 13.2 Å². The molecular weight excluding hydrogens is 453 g/mol. The molecule has 0 radical (unpaired) electrons. The second-order valence-corrected chi connectivity index (χ2v) is 7.36. The zero-order valence-corrected chi connectivity index (χ0v) is 16.6. The van der Waals surface area contributed by atoms with Crippen LogP contribution in [0.3, 0.4) is 0 Å². The molecular formula is C16H15Br2Cl2NO. The normalized spacial score (nSPS) is 10.8. The lowest BCUT2D eigenvalue weighted by molar-refractivity contribution is 0.405. The highest BCUT2D eigenvalue weighted by Gasteiger charge is 2.09. The van der Waals surface area contributed by atoms with Crippen molar-refractivity contribution in [1.82, 2.24) is 5.32 Å². The Morgan fingerprint density at radius 3 is 2.55 bits per heavy atom. The molecule has 0 fully saturated rings. The highest BCUT2D eigenvalue weighted by atomic mass is 79.9. The smallest absolute Gasteiger partial charge is 0.137 e. The summed E-state index contributed by atoms with van der Waals surface area (Å²) in [6, 6.07) is 9.61. The highest BCUT2D eigenvalue weighted by molar-refractivity contribution is 9.11. The first-order valence-corrected chi connectivity index (χ1v) is 9.02. The maximum Gasteiger partial charge on any atom is 0.137 e. The van der Waals surface area contributed by atoms with Gasteiger partial charge in [-0.1, -0.05) is 45.2 Å². The van der Waals surface area contributed by atoms with E-state index >= 15 is 0 Å². The number of ether oxygens (including phenoxy) is 1. The number of hydrogen-bond donors (Lipinski definition) is 1. The van der Waals surface area contributed by atoms with Crippen molar-refractivity contribution in [2.24, 2.45) is 0 Å². The number of hydrogen-bond acceptors (Lipinski definition) is 2. The number of nitrogens with one attached hydrogen (secondary N) is 1. The van der Waals surface area contributed by atoms with Crippen molar-refractivity contribution in [2.45, 2.75) is 13.0 Å². The summed E-state index contributed by atoms with van der Waals surface area (Å²) < 4.78 is 7.38.